The second kappa shape index (κ2) is 15.7. The minimum Gasteiger partial charge on any atom is -0.453 e. The Kier molecular flexibility index (Phi) is 10.8. The van der Waals surface area contributed by atoms with Gasteiger partial charge < -0.3 is 39.9 Å². The Labute approximate surface area is 322 Å². The maximum atomic E-state index is 13.7. The number of aromatic amines is 2. The first kappa shape index (κ1) is 37.8. The van der Waals surface area contributed by atoms with E-state index in [0.29, 0.717) is 18.9 Å². The maximum Gasteiger partial charge on any atom is 0.407 e. The Bertz CT molecular complexity index is 2230. The number of imidazole rings is 2. The summed E-state index contributed by atoms with van der Waals surface area (Å²) in [5.74, 6) is 0.886. The van der Waals surface area contributed by atoms with Crippen LogP contribution in [0.1, 0.15) is 77.1 Å². The SMILES string of the molecule is COC(=O)N[C@H](C(=O)N1CCC[C@H]1c1ncc(-c2ncc(-c3ccc4c(ccc5nc([C@@H]6CCCN6C(=O)[C@@H](NC(=O)OC)C(C)C)[nH]c54)c3)s2)[nH]1)C(C)C. The van der Waals surface area contributed by atoms with Gasteiger partial charge in [0.25, 0.3) is 0 Å². The van der Waals surface area contributed by atoms with Crippen LogP contribution in [0.2, 0.25) is 0 Å². The third-order valence-corrected chi connectivity index (χ3v) is 11.7. The lowest BCUT2D eigenvalue weighted by atomic mass is 10.0. The molecule has 290 valence electrons. The number of carbonyl (C=O) groups excluding carboxylic acids is 4. The van der Waals surface area contributed by atoms with Crippen LogP contribution in [0, 0.1) is 11.8 Å². The molecule has 0 spiro atoms. The topological polar surface area (TPSA) is 188 Å². The van der Waals surface area contributed by atoms with E-state index in [2.05, 4.69) is 49.9 Å². The van der Waals surface area contributed by atoms with Gasteiger partial charge in [-0.2, -0.15) is 0 Å². The van der Waals surface area contributed by atoms with Gasteiger partial charge >= 0.3 is 12.2 Å². The van der Waals surface area contributed by atoms with Crippen molar-refractivity contribution in [1.29, 1.82) is 0 Å². The summed E-state index contributed by atoms with van der Waals surface area (Å²) in [6, 6.07) is 8.48. The smallest absolute Gasteiger partial charge is 0.407 e. The third kappa shape index (κ3) is 7.46. The van der Waals surface area contributed by atoms with E-state index in [1.54, 1.807) is 22.4 Å². The van der Waals surface area contributed by atoms with E-state index >= 15 is 0 Å². The lowest BCUT2D eigenvalue weighted by Crippen LogP contribution is -2.51. The van der Waals surface area contributed by atoms with Crippen LogP contribution >= 0.6 is 11.3 Å². The van der Waals surface area contributed by atoms with Crippen LogP contribution in [0.15, 0.2) is 42.7 Å². The van der Waals surface area contributed by atoms with Gasteiger partial charge in [0.2, 0.25) is 11.8 Å². The fourth-order valence-electron chi connectivity index (χ4n) is 7.67. The molecule has 3 aromatic heterocycles. The number of alkyl carbamates (subject to hydrolysis) is 2. The van der Waals surface area contributed by atoms with Gasteiger partial charge in [-0.15, -0.1) is 11.3 Å². The molecule has 2 aromatic carbocycles. The van der Waals surface area contributed by atoms with Gasteiger partial charge in [0.15, 0.2) is 0 Å². The molecule has 5 heterocycles. The minimum atomic E-state index is -0.702. The standard InChI is InChI=1S/C39H47N9O6S/c1-20(2)30(45-38(51)53-5)36(49)47-15-7-9-27(47)33-40-18-26(43-33)35-41-19-29(55-35)23-11-13-24-22(17-23)12-14-25-32(24)44-34(42-25)28-10-8-16-48(28)37(50)31(21(3)4)46-39(52)54-6/h11-14,17-21,27-28,30-31H,7-10,15-16H2,1-6H3,(H,40,43)(H,42,44)(H,45,51)(H,46,52)/t27-,28-,30-,31-/m0/s1. The highest BCUT2D eigenvalue weighted by molar-refractivity contribution is 7.18. The number of nitrogens with zero attached hydrogens (tertiary/aromatic N) is 5. The van der Waals surface area contributed by atoms with Gasteiger partial charge in [0.05, 0.1) is 54.1 Å². The lowest BCUT2D eigenvalue weighted by Gasteiger charge is -2.29. The first-order chi connectivity index (χ1) is 26.5. The lowest BCUT2D eigenvalue weighted by molar-refractivity contribution is -0.136. The highest BCUT2D eigenvalue weighted by atomic mass is 32.1. The number of methoxy groups -OCH3 is 2. The zero-order chi connectivity index (χ0) is 39.0. The number of thiazole rings is 1. The second-order valence-corrected chi connectivity index (χ2v) is 15.9. The molecule has 0 radical (unpaired) electrons. The number of H-pyrrole nitrogens is 2. The van der Waals surface area contributed by atoms with Crippen molar-refractivity contribution in [1.82, 2.24) is 45.4 Å². The molecular weight excluding hydrogens is 723 g/mol. The first-order valence-electron chi connectivity index (χ1n) is 18.7. The summed E-state index contributed by atoms with van der Waals surface area (Å²) in [5, 5.41) is 8.23. The summed E-state index contributed by atoms with van der Waals surface area (Å²) < 4.78 is 9.53. The van der Waals surface area contributed by atoms with Crippen LogP contribution < -0.4 is 10.6 Å². The minimum absolute atomic E-state index is 0.116. The number of carbonyl (C=O) groups is 4. The molecule has 15 nitrogen and oxygen atoms in total. The van der Waals surface area contributed by atoms with Crippen LogP contribution in [0.25, 0.3) is 42.9 Å². The Morgan fingerprint density at radius 2 is 1.42 bits per heavy atom. The number of benzene rings is 2. The normalized spacial score (nSPS) is 18.3. The summed E-state index contributed by atoms with van der Waals surface area (Å²) in [5.41, 5.74) is 3.51. The Morgan fingerprint density at radius 3 is 2.02 bits per heavy atom. The van der Waals surface area contributed by atoms with E-state index in [-0.39, 0.29) is 35.7 Å². The van der Waals surface area contributed by atoms with Gasteiger partial charge in [-0.3, -0.25) is 9.59 Å². The third-order valence-electron chi connectivity index (χ3n) is 10.6. The largest absolute Gasteiger partial charge is 0.453 e. The molecule has 2 fully saturated rings. The van der Waals surface area contributed by atoms with Crippen LogP contribution in [-0.4, -0.2) is 98.1 Å². The number of nitrogens with one attached hydrogen (secondary N) is 4. The summed E-state index contributed by atoms with van der Waals surface area (Å²) in [4.78, 5) is 77.1. The number of amides is 4. The monoisotopic (exact) mass is 769 g/mol. The van der Waals surface area contributed by atoms with Crippen molar-refractivity contribution >= 4 is 57.1 Å². The second-order valence-electron chi connectivity index (χ2n) is 14.8. The number of fused-ring (bicyclic) bond motifs is 3. The molecule has 16 heteroatoms. The highest BCUT2D eigenvalue weighted by Gasteiger charge is 2.39. The average Bonchev–Trinajstić information content (AvgIpc) is 4.03. The maximum absolute atomic E-state index is 13.7. The zero-order valence-corrected chi connectivity index (χ0v) is 32.7. The van der Waals surface area contributed by atoms with Crippen molar-refractivity contribution in [3.63, 3.8) is 0 Å². The van der Waals surface area contributed by atoms with Gasteiger partial charge in [-0.25, -0.2) is 24.5 Å². The Balaban J connectivity index is 1.09. The Morgan fingerprint density at radius 1 is 0.800 bits per heavy atom. The van der Waals surface area contributed by atoms with E-state index < -0.39 is 24.3 Å². The molecule has 7 rings (SSSR count). The van der Waals surface area contributed by atoms with E-state index in [0.717, 1.165) is 74.5 Å². The number of ether oxygens (including phenoxy) is 2. The fraction of sp³-hybridized carbons (Fsp3) is 0.462. The van der Waals surface area contributed by atoms with E-state index in [1.165, 1.54) is 14.2 Å². The van der Waals surface area contributed by atoms with Crippen LogP contribution in [0.4, 0.5) is 9.59 Å². The number of likely N-dealkylation sites (tertiary alicyclic amines) is 2. The van der Waals surface area contributed by atoms with Crippen molar-refractivity contribution in [2.75, 3.05) is 27.3 Å². The highest BCUT2D eigenvalue weighted by Crippen LogP contribution is 2.38. The average molecular weight is 770 g/mol. The van der Waals surface area contributed by atoms with E-state index in [9.17, 15) is 19.2 Å². The molecule has 5 aromatic rings. The molecule has 0 unspecified atom stereocenters. The van der Waals surface area contributed by atoms with Gasteiger partial charge in [-0.05, 0) is 60.6 Å². The van der Waals surface area contributed by atoms with Crippen molar-refractivity contribution < 1.29 is 28.7 Å². The molecule has 2 aliphatic rings. The molecule has 0 aliphatic carbocycles. The predicted octanol–water partition coefficient (Wildman–Crippen LogP) is 6.32. The van der Waals surface area contributed by atoms with Gasteiger partial charge in [0, 0.05) is 24.7 Å². The molecule has 0 bridgehead atoms. The van der Waals surface area contributed by atoms with Gasteiger partial charge in [-0.1, -0.05) is 45.9 Å². The molecule has 55 heavy (non-hydrogen) atoms. The zero-order valence-electron chi connectivity index (χ0n) is 31.8. The van der Waals surface area contributed by atoms with Crippen LogP contribution in [-0.2, 0) is 19.1 Å². The Hall–Kier alpha value is -5.51. The number of hydrogen-bond donors (Lipinski definition) is 4. The van der Waals surface area contributed by atoms with Crippen molar-refractivity contribution in [3.05, 3.63) is 54.4 Å². The van der Waals surface area contributed by atoms with Crippen molar-refractivity contribution in [2.24, 2.45) is 11.8 Å². The van der Waals surface area contributed by atoms with E-state index in [1.807, 2.05) is 44.9 Å². The molecule has 4 amide bonds. The van der Waals surface area contributed by atoms with Crippen molar-refractivity contribution in [2.45, 2.75) is 77.5 Å². The molecule has 2 aliphatic heterocycles. The van der Waals surface area contributed by atoms with Gasteiger partial charge in [0.1, 0.15) is 28.7 Å². The first-order valence-corrected chi connectivity index (χ1v) is 19.5. The molecule has 4 N–H and O–H groups in total. The summed E-state index contributed by atoms with van der Waals surface area (Å²) in [6.45, 7) is 8.75. The van der Waals surface area contributed by atoms with Crippen molar-refractivity contribution in [3.8, 4) is 21.1 Å². The summed E-state index contributed by atoms with van der Waals surface area (Å²) >= 11 is 1.55. The molecular formula is C39H47N9O6S. The molecule has 0 saturated carbocycles. The summed E-state index contributed by atoms with van der Waals surface area (Å²) in [7, 11) is 2.57. The molecule has 4 atom stereocenters. The fourth-order valence-corrected chi connectivity index (χ4v) is 8.55. The summed E-state index contributed by atoms with van der Waals surface area (Å²) in [6.07, 6.45) is 5.56. The number of rotatable bonds is 10. The predicted molar refractivity (Wildman–Crippen MR) is 208 cm³/mol. The van der Waals surface area contributed by atoms with Crippen LogP contribution in [0.5, 0.6) is 0 Å². The quantitative estimate of drug-likeness (QED) is 0.126. The van der Waals surface area contributed by atoms with E-state index in [4.69, 9.17) is 19.4 Å². The molecule has 2 saturated heterocycles. The van der Waals surface area contributed by atoms with Crippen LogP contribution in [0.3, 0.4) is 0 Å². The number of hydrogen-bond acceptors (Lipinski definition) is 10. The number of aromatic nitrogens is 5.